The normalized spacial score (nSPS) is 19.3. The molecule has 0 saturated carbocycles. The van der Waals surface area contributed by atoms with Crippen LogP contribution in [0.5, 0.6) is 17.2 Å². The van der Waals surface area contributed by atoms with Crippen LogP contribution in [0, 0.1) is 0 Å². The maximum atomic E-state index is 10.1. The van der Waals surface area contributed by atoms with E-state index in [2.05, 4.69) is 4.90 Å². The Morgan fingerprint density at radius 1 is 1.08 bits per heavy atom. The largest absolute Gasteiger partial charge is 0.508 e. The molecule has 0 saturated heterocycles. The van der Waals surface area contributed by atoms with Gasteiger partial charge < -0.3 is 20.1 Å². The zero-order valence-corrected chi connectivity index (χ0v) is 13.6. The van der Waals surface area contributed by atoms with Crippen molar-refractivity contribution in [3.05, 3.63) is 52.1 Å². The zero-order valence-electron chi connectivity index (χ0n) is 13.6. The molecule has 24 heavy (non-hydrogen) atoms. The summed E-state index contributed by atoms with van der Waals surface area (Å²) in [4.78, 5) is 2.38. The number of methoxy groups -OCH3 is 1. The Morgan fingerprint density at radius 2 is 1.92 bits per heavy atom. The van der Waals surface area contributed by atoms with Gasteiger partial charge in [-0.3, -0.25) is 4.90 Å². The average molecular weight is 327 g/mol. The smallest absolute Gasteiger partial charge is 0.160 e. The van der Waals surface area contributed by atoms with Crippen LogP contribution in [-0.2, 0) is 26.0 Å². The summed E-state index contributed by atoms with van der Waals surface area (Å²) in [6.07, 6.45) is 1.72. The molecule has 0 aliphatic carbocycles. The molecule has 0 fully saturated rings. The fourth-order valence-corrected chi connectivity index (χ4v) is 3.98. The standard InChI is InChI=1S/C19H21NO4/c1-24-19-7-12-5-16-15-8-17(22)14(10-21)4-11(15)2-3-20(16)9-13(12)6-18(19)23/h4,6-8,16,21-23H,2-3,5,9-10H2,1H3/t16-/m0/s1. The molecule has 2 heterocycles. The second-order valence-corrected chi connectivity index (χ2v) is 6.57. The van der Waals surface area contributed by atoms with Crippen LogP contribution in [0.25, 0.3) is 0 Å². The third kappa shape index (κ3) is 2.32. The molecule has 1 atom stereocenters. The first-order chi connectivity index (χ1) is 11.6. The van der Waals surface area contributed by atoms with E-state index >= 15 is 0 Å². The Kier molecular flexibility index (Phi) is 3.62. The first kappa shape index (κ1) is 15.3. The van der Waals surface area contributed by atoms with Crippen molar-refractivity contribution >= 4 is 0 Å². The van der Waals surface area contributed by atoms with Gasteiger partial charge in [0.25, 0.3) is 0 Å². The molecule has 3 N–H and O–H groups in total. The molecule has 2 aliphatic heterocycles. The minimum Gasteiger partial charge on any atom is -0.508 e. The van der Waals surface area contributed by atoms with Crippen LogP contribution in [0.3, 0.4) is 0 Å². The molecule has 0 spiro atoms. The fourth-order valence-electron chi connectivity index (χ4n) is 3.98. The maximum Gasteiger partial charge on any atom is 0.160 e. The van der Waals surface area contributed by atoms with E-state index in [1.807, 2.05) is 12.1 Å². The van der Waals surface area contributed by atoms with Gasteiger partial charge in [-0.25, -0.2) is 0 Å². The predicted octanol–water partition coefficient (Wildman–Crippen LogP) is 2.25. The maximum absolute atomic E-state index is 10.1. The molecule has 0 unspecified atom stereocenters. The van der Waals surface area contributed by atoms with Gasteiger partial charge in [0.1, 0.15) is 5.75 Å². The fraction of sp³-hybridized carbons (Fsp3) is 0.368. The van der Waals surface area contributed by atoms with E-state index < -0.39 is 0 Å². The SMILES string of the molecule is COc1cc2c(cc1O)CN1CCc3cc(CO)c(O)cc3[C@@H]1C2. The van der Waals surface area contributed by atoms with Crippen molar-refractivity contribution in [1.82, 2.24) is 4.90 Å². The third-order valence-electron chi connectivity index (χ3n) is 5.27. The Morgan fingerprint density at radius 3 is 2.67 bits per heavy atom. The van der Waals surface area contributed by atoms with E-state index in [4.69, 9.17) is 4.74 Å². The summed E-state index contributed by atoms with van der Waals surface area (Å²) in [6.45, 7) is 1.56. The lowest BCUT2D eigenvalue weighted by atomic mass is 9.83. The molecule has 5 nitrogen and oxygen atoms in total. The summed E-state index contributed by atoms with van der Waals surface area (Å²) < 4.78 is 5.23. The van der Waals surface area contributed by atoms with Gasteiger partial charge in [0.15, 0.2) is 11.5 Å². The van der Waals surface area contributed by atoms with Crippen molar-refractivity contribution in [3.63, 3.8) is 0 Å². The summed E-state index contributed by atoms with van der Waals surface area (Å²) in [5.74, 6) is 0.834. The summed E-state index contributed by atoms with van der Waals surface area (Å²) in [6, 6.07) is 7.65. The number of aliphatic hydroxyl groups is 1. The Hall–Kier alpha value is -2.24. The second-order valence-electron chi connectivity index (χ2n) is 6.57. The topological polar surface area (TPSA) is 73.2 Å². The quantitative estimate of drug-likeness (QED) is 0.789. The van der Waals surface area contributed by atoms with Crippen LogP contribution in [0.4, 0.5) is 0 Å². The number of rotatable bonds is 2. The lowest BCUT2D eigenvalue weighted by molar-refractivity contribution is 0.160. The average Bonchev–Trinajstić information content (AvgIpc) is 2.59. The predicted molar refractivity (Wildman–Crippen MR) is 89.2 cm³/mol. The van der Waals surface area contributed by atoms with Crippen LogP contribution in [0.1, 0.15) is 33.9 Å². The van der Waals surface area contributed by atoms with Gasteiger partial charge in [-0.2, -0.15) is 0 Å². The number of phenolic OH excluding ortho intramolecular Hbond substituents is 1. The van der Waals surface area contributed by atoms with Gasteiger partial charge in [0, 0.05) is 24.7 Å². The number of aromatic hydroxyl groups is 2. The van der Waals surface area contributed by atoms with Crippen LogP contribution in [0.2, 0.25) is 0 Å². The molecule has 2 aromatic rings. The van der Waals surface area contributed by atoms with E-state index in [9.17, 15) is 15.3 Å². The molecule has 2 aromatic carbocycles. The molecule has 5 heteroatoms. The Bertz CT molecular complexity index is 802. The Labute approximate surface area is 140 Å². The molecule has 4 rings (SSSR count). The zero-order chi connectivity index (χ0) is 16.8. The van der Waals surface area contributed by atoms with E-state index in [1.165, 1.54) is 11.1 Å². The van der Waals surface area contributed by atoms with Crippen molar-refractivity contribution in [2.75, 3.05) is 13.7 Å². The van der Waals surface area contributed by atoms with Gasteiger partial charge in [-0.15, -0.1) is 0 Å². The van der Waals surface area contributed by atoms with Crippen LogP contribution in [0.15, 0.2) is 24.3 Å². The summed E-state index contributed by atoms with van der Waals surface area (Å²) >= 11 is 0. The number of ether oxygens (including phenoxy) is 1. The van der Waals surface area contributed by atoms with Crippen LogP contribution >= 0.6 is 0 Å². The number of phenols is 2. The first-order valence-corrected chi connectivity index (χ1v) is 8.19. The highest BCUT2D eigenvalue weighted by Gasteiger charge is 2.33. The van der Waals surface area contributed by atoms with E-state index in [1.54, 1.807) is 19.2 Å². The monoisotopic (exact) mass is 327 g/mol. The summed E-state index contributed by atoms with van der Waals surface area (Å²) in [5, 5.41) is 29.5. The van der Waals surface area contributed by atoms with E-state index in [0.29, 0.717) is 11.3 Å². The highest BCUT2D eigenvalue weighted by Crippen LogP contribution is 2.42. The van der Waals surface area contributed by atoms with Crippen molar-refractivity contribution in [3.8, 4) is 17.2 Å². The molecule has 0 bridgehead atoms. The molecule has 126 valence electrons. The molecule has 0 radical (unpaired) electrons. The number of fused-ring (bicyclic) bond motifs is 4. The van der Waals surface area contributed by atoms with Crippen molar-refractivity contribution < 1.29 is 20.1 Å². The summed E-state index contributed by atoms with van der Waals surface area (Å²) in [5.41, 5.74) is 5.22. The number of hydrogen-bond acceptors (Lipinski definition) is 5. The van der Waals surface area contributed by atoms with Crippen LogP contribution < -0.4 is 4.74 Å². The van der Waals surface area contributed by atoms with E-state index in [-0.39, 0.29) is 24.1 Å². The van der Waals surface area contributed by atoms with Gasteiger partial charge >= 0.3 is 0 Å². The van der Waals surface area contributed by atoms with Crippen molar-refractivity contribution in [1.29, 1.82) is 0 Å². The van der Waals surface area contributed by atoms with Gasteiger partial charge in [0.2, 0.25) is 0 Å². The van der Waals surface area contributed by atoms with Crippen molar-refractivity contribution in [2.45, 2.75) is 32.0 Å². The molecule has 2 aliphatic rings. The van der Waals surface area contributed by atoms with Gasteiger partial charge in [-0.1, -0.05) is 0 Å². The van der Waals surface area contributed by atoms with Gasteiger partial charge in [0.05, 0.1) is 13.7 Å². The highest BCUT2D eigenvalue weighted by molar-refractivity contribution is 5.50. The van der Waals surface area contributed by atoms with Crippen molar-refractivity contribution in [2.24, 2.45) is 0 Å². The molecular formula is C19H21NO4. The highest BCUT2D eigenvalue weighted by atomic mass is 16.5. The second kappa shape index (κ2) is 5.69. The van der Waals surface area contributed by atoms with Crippen LogP contribution in [-0.4, -0.2) is 33.9 Å². The third-order valence-corrected chi connectivity index (χ3v) is 5.27. The van der Waals surface area contributed by atoms with E-state index in [0.717, 1.165) is 37.1 Å². The molecular weight excluding hydrogens is 306 g/mol. The summed E-state index contributed by atoms with van der Waals surface area (Å²) in [7, 11) is 1.56. The number of aliphatic hydroxyl groups excluding tert-OH is 1. The molecule has 0 aromatic heterocycles. The van der Waals surface area contributed by atoms with Gasteiger partial charge in [-0.05, 0) is 59.4 Å². The number of nitrogens with zero attached hydrogens (tertiary/aromatic N) is 1. The minimum absolute atomic E-state index is 0.146. The molecule has 0 amide bonds. The lowest BCUT2D eigenvalue weighted by Gasteiger charge is -2.41. The number of hydrogen-bond donors (Lipinski definition) is 3. The minimum atomic E-state index is -0.146. The Balaban J connectivity index is 1.75. The lowest BCUT2D eigenvalue weighted by Crippen LogP contribution is -2.39. The first-order valence-electron chi connectivity index (χ1n) is 8.19. The number of benzene rings is 2.